The molecule has 0 saturated carbocycles. The Morgan fingerprint density at radius 1 is 1.21 bits per heavy atom. The molecule has 1 unspecified atom stereocenters. The third kappa shape index (κ3) is 4.72. The molecule has 2 aliphatic heterocycles. The van der Waals surface area contributed by atoms with Gasteiger partial charge in [0.25, 0.3) is 0 Å². The van der Waals surface area contributed by atoms with Crippen molar-refractivity contribution in [3.05, 3.63) is 41.5 Å². The molecule has 29 heavy (non-hydrogen) atoms. The van der Waals surface area contributed by atoms with Crippen molar-refractivity contribution in [1.82, 2.24) is 19.9 Å². The molecule has 2 aromatic rings. The summed E-state index contributed by atoms with van der Waals surface area (Å²) >= 11 is 0. The third-order valence-corrected chi connectivity index (χ3v) is 5.80. The zero-order valence-corrected chi connectivity index (χ0v) is 17.2. The van der Waals surface area contributed by atoms with E-state index in [4.69, 9.17) is 14.7 Å². The predicted octanol–water partition coefficient (Wildman–Crippen LogP) is 3.36. The smallest absolute Gasteiger partial charge is 0.225 e. The molecule has 0 aliphatic carbocycles. The predicted molar refractivity (Wildman–Crippen MR) is 111 cm³/mol. The van der Waals surface area contributed by atoms with Crippen molar-refractivity contribution in [2.75, 3.05) is 31.6 Å². The van der Waals surface area contributed by atoms with Crippen molar-refractivity contribution >= 4 is 17.5 Å². The van der Waals surface area contributed by atoms with Gasteiger partial charge in [0.1, 0.15) is 17.5 Å². The lowest BCUT2D eigenvalue weighted by Crippen LogP contribution is -2.44. The first-order chi connectivity index (χ1) is 14.1. The van der Waals surface area contributed by atoms with Crippen LogP contribution in [0.4, 0.5) is 11.6 Å². The van der Waals surface area contributed by atoms with Gasteiger partial charge in [-0.05, 0) is 51.2 Å². The fraction of sp³-hybridized carbons (Fsp3) is 0.545. The fourth-order valence-electron chi connectivity index (χ4n) is 4.17. The van der Waals surface area contributed by atoms with E-state index in [1.54, 1.807) is 6.20 Å². The number of amides is 1. The number of aromatic nitrogens is 3. The zero-order chi connectivity index (χ0) is 20.2. The van der Waals surface area contributed by atoms with Crippen LogP contribution in [0.3, 0.4) is 0 Å². The van der Waals surface area contributed by atoms with E-state index in [1.807, 2.05) is 36.9 Å². The molecule has 0 bridgehead atoms. The summed E-state index contributed by atoms with van der Waals surface area (Å²) in [6.45, 7) is 6.91. The van der Waals surface area contributed by atoms with Crippen LogP contribution in [-0.2, 0) is 9.53 Å². The van der Waals surface area contributed by atoms with Crippen LogP contribution in [0.2, 0.25) is 0 Å². The van der Waals surface area contributed by atoms with Gasteiger partial charge in [-0.1, -0.05) is 6.07 Å². The highest BCUT2D eigenvalue weighted by Crippen LogP contribution is 2.28. The summed E-state index contributed by atoms with van der Waals surface area (Å²) in [5.41, 5.74) is 1.98. The maximum atomic E-state index is 13.0. The Balaban J connectivity index is 1.49. The van der Waals surface area contributed by atoms with Crippen LogP contribution in [0.25, 0.3) is 0 Å². The number of hydrogen-bond acceptors (Lipinski definition) is 6. The van der Waals surface area contributed by atoms with Crippen LogP contribution in [0, 0.1) is 19.8 Å². The molecule has 1 atom stereocenters. The summed E-state index contributed by atoms with van der Waals surface area (Å²) in [5, 5.41) is 3.32. The lowest BCUT2D eigenvalue weighted by Gasteiger charge is -2.35. The molecule has 1 N–H and O–H groups in total. The number of aryl methyl sites for hydroxylation is 2. The maximum Gasteiger partial charge on any atom is 0.225 e. The number of hydrogen-bond donors (Lipinski definition) is 1. The molecule has 2 saturated heterocycles. The summed E-state index contributed by atoms with van der Waals surface area (Å²) in [5.74, 6) is 2.90. The molecule has 2 aliphatic rings. The highest BCUT2D eigenvalue weighted by atomic mass is 16.5. The standard InChI is InChI=1S/C22H29N5O2/c1-15-5-3-9-23-20(15)25-19-13-16(2)24-21(26-19)18-6-4-10-27(14-18)22(28)17-7-11-29-12-8-17/h3,5,9,13,17-18H,4,6-8,10-12,14H2,1-2H3,(H,23,24,25,26). The van der Waals surface area contributed by atoms with E-state index in [2.05, 4.69) is 10.3 Å². The number of nitrogens with zero attached hydrogens (tertiary/aromatic N) is 4. The largest absolute Gasteiger partial charge is 0.381 e. The lowest BCUT2D eigenvalue weighted by atomic mass is 9.93. The van der Waals surface area contributed by atoms with Crippen LogP contribution in [-0.4, -0.2) is 52.1 Å². The highest BCUT2D eigenvalue weighted by Gasteiger charge is 2.31. The van der Waals surface area contributed by atoms with Gasteiger partial charge in [0.05, 0.1) is 0 Å². The van der Waals surface area contributed by atoms with Gasteiger partial charge in [0, 0.05) is 56.1 Å². The van der Waals surface area contributed by atoms with Crippen LogP contribution in [0.1, 0.15) is 48.7 Å². The van der Waals surface area contributed by atoms with Crippen molar-refractivity contribution in [1.29, 1.82) is 0 Å². The van der Waals surface area contributed by atoms with Crippen molar-refractivity contribution in [2.24, 2.45) is 5.92 Å². The minimum atomic E-state index is 0.102. The highest BCUT2D eigenvalue weighted by molar-refractivity contribution is 5.79. The first kappa shape index (κ1) is 19.8. The molecule has 0 radical (unpaired) electrons. The minimum Gasteiger partial charge on any atom is -0.381 e. The van der Waals surface area contributed by atoms with Crippen LogP contribution in [0.15, 0.2) is 24.4 Å². The van der Waals surface area contributed by atoms with Crippen molar-refractivity contribution < 1.29 is 9.53 Å². The topological polar surface area (TPSA) is 80.2 Å². The molecule has 4 heterocycles. The number of pyridine rings is 1. The number of carbonyl (C=O) groups excluding carboxylic acids is 1. The Morgan fingerprint density at radius 2 is 2.03 bits per heavy atom. The quantitative estimate of drug-likeness (QED) is 0.855. The van der Waals surface area contributed by atoms with Crippen molar-refractivity contribution in [3.8, 4) is 0 Å². The van der Waals surface area contributed by atoms with Crippen LogP contribution in [0.5, 0.6) is 0 Å². The van der Waals surface area contributed by atoms with E-state index in [0.29, 0.717) is 19.8 Å². The Morgan fingerprint density at radius 3 is 2.83 bits per heavy atom. The molecule has 4 rings (SSSR count). The molecular weight excluding hydrogens is 366 g/mol. The molecule has 154 valence electrons. The second-order valence-corrected chi connectivity index (χ2v) is 8.06. The van der Waals surface area contributed by atoms with Gasteiger partial charge >= 0.3 is 0 Å². The molecule has 2 aromatic heterocycles. The Hall–Kier alpha value is -2.54. The molecule has 7 nitrogen and oxygen atoms in total. The van der Waals surface area contributed by atoms with Crippen LogP contribution < -0.4 is 5.32 Å². The SMILES string of the molecule is Cc1cc(Nc2ncccc2C)nc(C2CCCN(C(=O)C3CCOCC3)C2)n1. The van der Waals surface area contributed by atoms with E-state index in [9.17, 15) is 4.79 Å². The average Bonchev–Trinajstić information content (AvgIpc) is 2.75. The number of likely N-dealkylation sites (tertiary alicyclic amines) is 1. The molecule has 0 spiro atoms. The van der Waals surface area contributed by atoms with E-state index in [1.165, 1.54) is 0 Å². The van der Waals surface area contributed by atoms with Gasteiger partial charge in [-0.15, -0.1) is 0 Å². The van der Waals surface area contributed by atoms with Gasteiger partial charge < -0.3 is 15.0 Å². The van der Waals surface area contributed by atoms with Gasteiger partial charge in [0.15, 0.2) is 0 Å². The number of piperidine rings is 1. The minimum absolute atomic E-state index is 0.102. The number of anilines is 2. The number of rotatable bonds is 4. The first-order valence-corrected chi connectivity index (χ1v) is 10.5. The van der Waals surface area contributed by atoms with E-state index < -0.39 is 0 Å². The number of nitrogens with one attached hydrogen (secondary N) is 1. The Bertz CT molecular complexity index is 866. The monoisotopic (exact) mass is 395 g/mol. The molecule has 2 fully saturated rings. The van der Waals surface area contributed by atoms with Gasteiger partial charge in [-0.3, -0.25) is 4.79 Å². The first-order valence-electron chi connectivity index (χ1n) is 10.5. The zero-order valence-electron chi connectivity index (χ0n) is 17.2. The van der Waals surface area contributed by atoms with Gasteiger partial charge in [-0.25, -0.2) is 15.0 Å². The summed E-state index contributed by atoms with van der Waals surface area (Å²) in [7, 11) is 0. The second-order valence-electron chi connectivity index (χ2n) is 8.06. The number of carbonyl (C=O) groups is 1. The fourth-order valence-corrected chi connectivity index (χ4v) is 4.17. The Labute approximate surface area is 171 Å². The number of ether oxygens (including phenoxy) is 1. The molecule has 0 aromatic carbocycles. The molecule has 7 heteroatoms. The van der Waals surface area contributed by atoms with Gasteiger partial charge in [0.2, 0.25) is 5.91 Å². The summed E-state index contributed by atoms with van der Waals surface area (Å²) in [4.78, 5) is 28.8. The van der Waals surface area contributed by atoms with Crippen molar-refractivity contribution in [2.45, 2.75) is 45.4 Å². The summed E-state index contributed by atoms with van der Waals surface area (Å²) in [6, 6.07) is 5.87. The van der Waals surface area contributed by atoms with Crippen molar-refractivity contribution in [3.63, 3.8) is 0 Å². The maximum absolute atomic E-state index is 13.0. The second kappa shape index (κ2) is 8.86. The molecule has 1 amide bonds. The summed E-state index contributed by atoms with van der Waals surface area (Å²) < 4.78 is 5.41. The molecular formula is C22H29N5O2. The lowest BCUT2D eigenvalue weighted by molar-refractivity contribution is -0.139. The van der Waals surface area contributed by atoms with Gasteiger partial charge in [-0.2, -0.15) is 0 Å². The van der Waals surface area contributed by atoms with Crippen LogP contribution >= 0.6 is 0 Å². The average molecular weight is 396 g/mol. The normalized spacial score (nSPS) is 20.5. The van der Waals surface area contributed by atoms with E-state index >= 15 is 0 Å². The van der Waals surface area contributed by atoms with E-state index in [-0.39, 0.29) is 17.7 Å². The summed E-state index contributed by atoms with van der Waals surface area (Å²) in [6.07, 6.45) is 5.42. The van der Waals surface area contributed by atoms with E-state index in [0.717, 1.165) is 60.9 Å². The Kier molecular flexibility index (Phi) is 6.04. The third-order valence-electron chi connectivity index (χ3n) is 5.80.